The molecule has 9 heteroatoms. The molecule has 132 valence electrons. The molecule has 0 bridgehead atoms. The summed E-state index contributed by atoms with van der Waals surface area (Å²) in [4.78, 5) is 25.9. The summed E-state index contributed by atoms with van der Waals surface area (Å²) in [6, 6.07) is 11.1. The first kappa shape index (κ1) is 17.6. The molecule has 0 saturated carbocycles. The molecule has 0 fully saturated rings. The number of hydrogen-bond donors (Lipinski definition) is 1. The number of nitro benzene ring substituents is 1. The third kappa shape index (κ3) is 3.86. The van der Waals surface area contributed by atoms with Crippen molar-refractivity contribution in [2.45, 2.75) is 13.5 Å². The molecule has 0 amide bonds. The van der Waals surface area contributed by atoms with Gasteiger partial charge in [-0.3, -0.25) is 20.0 Å². The number of ether oxygens (including phenoxy) is 1. The summed E-state index contributed by atoms with van der Waals surface area (Å²) in [6.07, 6.45) is 0. The van der Waals surface area contributed by atoms with E-state index in [0.29, 0.717) is 28.5 Å². The van der Waals surface area contributed by atoms with Crippen molar-refractivity contribution in [1.29, 1.82) is 0 Å². The quantitative estimate of drug-likeness (QED) is 0.400. The Balaban J connectivity index is 1.71. The molecule has 0 spiro atoms. The van der Waals surface area contributed by atoms with E-state index in [9.17, 15) is 14.9 Å². The molecule has 8 nitrogen and oxygen atoms in total. The molecule has 0 saturated heterocycles. The van der Waals surface area contributed by atoms with E-state index in [2.05, 4.69) is 15.2 Å². The number of nitrogens with one attached hydrogen (secondary N) is 1. The van der Waals surface area contributed by atoms with Gasteiger partial charge in [0.25, 0.3) is 5.69 Å². The SMILES string of the molecule is CC(=O)c1ccc(OCc2nc(-c3ccc(Cl)c([N+](=O)[O-])c3)n[nH]2)cc1. The molecule has 0 aliphatic rings. The molecule has 1 aromatic heterocycles. The Morgan fingerprint density at radius 2 is 2.00 bits per heavy atom. The monoisotopic (exact) mass is 372 g/mol. The third-order valence-electron chi connectivity index (χ3n) is 3.57. The first-order chi connectivity index (χ1) is 12.4. The number of halogens is 1. The number of carbonyl (C=O) groups excluding carboxylic acids is 1. The minimum absolute atomic E-state index is 0.0199. The average molecular weight is 373 g/mol. The van der Waals surface area contributed by atoms with E-state index in [1.54, 1.807) is 30.3 Å². The van der Waals surface area contributed by atoms with E-state index in [0.717, 1.165) is 0 Å². The second kappa shape index (κ2) is 7.32. The summed E-state index contributed by atoms with van der Waals surface area (Å²) in [5.74, 6) is 1.31. The number of hydrogen-bond acceptors (Lipinski definition) is 6. The Kier molecular flexibility index (Phi) is 4.94. The minimum Gasteiger partial charge on any atom is -0.486 e. The van der Waals surface area contributed by atoms with Crippen LogP contribution in [0.15, 0.2) is 42.5 Å². The van der Waals surface area contributed by atoms with Crippen LogP contribution in [0.2, 0.25) is 5.02 Å². The van der Waals surface area contributed by atoms with Gasteiger partial charge in [0.2, 0.25) is 0 Å². The Bertz CT molecular complexity index is 969. The number of Topliss-reactive ketones (excluding diaryl/α,β-unsaturated/α-hetero) is 1. The predicted octanol–water partition coefficient (Wildman–Crippen LogP) is 3.81. The molecule has 1 N–H and O–H groups in total. The summed E-state index contributed by atoms with van der Waals surface area (Å²) < 4.78 is 5.58. The molecule has 0 unspecified atom stereocenters. The number of aromatic amines is 1. The highest BCUT2D eigenvalue weighted by Gasteiger charge is 2.16. The number of rotatable bonds is 6. The van der Waals surface area contributed by atoms with Crippen LogP contribution in [0.25, 0.3) is 11.4 Å². The van der Waals surface area contributed by atoms with E-state index in [1.807, 2.05) is 0 Å². The molecular weight excluding hydrogens is 360 g/mol. The fourth-order valence-corrected chi connectivity index (χ4v) is 2.40. The highest BCUT2D eigenvalue weighted by Crippen LogP contribution is 2.28. The van der Waals surface area contributed by atoms with E-state index >= 15 is 0 Å². The number of H-pyrrole nitrogens is 1. The van der Waals surface area contributed by atoms with Gasteiger partial charge >= 0.3 is 0 Å². The van der Waals surface area contributed by atoms with Crippen molar-refractivity contribution >= 4 is 23.1 Å². The normalized spacial score (nSPS) is 10.5. The number of carbonyl (C=O) groups is 1. The molecule has 3 aromatic rings. The summed E-state index contributed by atoms with van der Waals surface area (Å²) in [5, 5.41) is 17.8. The zero-order chi connectivity index (χ0) is 18.7. The van der Waals surface area contributed by atoms with Crippen molar-refractivity contribution in [3.05, 3.63) is 69.0 Å². The highest BCUT2D eigenvalue weighted by molar-refractivity contribution is 6.32. The van der Waals surface area contributed by atoms with Crippen molar-refractivity contribution in [3.63, 3.8) is 0 Å². The standard InChI is InChI=1S/C17H13ClN4O4/c1-10(23)11-2-5-13(6-3-11)26-9-16-19-17(21-20-16)12-4-7-14(18)15(8-12)22(24)25/h2-8H,9H2,1H3,(H,19,20,21). The Morgan fingerprint density at radius 1 is 1.27 bits per heavy atom. The van der Waals surface area contributed by atoms with Crippen LogP contribution in [-0.4, -0.2) is 25.9 Å². The summed E-state index contributed by atoms with van der Waals surface area (Å²) in [7, 11) is 0. The van der Waals surface area contributed by atoms with Gasteiger partial charge in [-0.05, 0) is 43.3 Å². The van der Waals surface area contributed by atoms with Crippen LogP contribution in [0.5, 0.6) is 5.75 Å². The Hall–Kier alpha value is -3.26. The number of aromatic nitrogens is 3. The average Bonchev–Trinajstić information content (AvgIpc) is 3.09. The fourth-order valence-electron chi connectivity index (χ4n) is 2.22. The molecule has 0 atom stereocenters. The summed E-state index contributed by atoms with van der Waals surface area (Å²) in [6.45, 7) is 1.62. The van der Waals surface area contributed by atoms with Crippen molar-refractivity contribution in [2.75, 3.05) is 0 Å². The maximum atomic E-state index is 11.2. The lowest BCUT2D eigenvalue weighted by Gasteiger charge is -2.04. The van der Waals surface area contributed by atoms with Gasteiger partial charge in [0, 0.05) is 17.2 Å². The zero-order valence-corrected chi connectivity index (χ0v) is 14.4. The van der Waals surface area contributed by atoms with Gasteiger partial charge in [0.15, 0.2) is 17.4 Å². The van der Waals surface area contributed by atoms with Crippen LogP contribution in [-0.2, 0) is 6.61 Å². The highest BCUT2D eigenvalue weighted by atomic mass is 35.5. The minimum atomic E-state index is -0.562. The number of benzene rings is 2. The van der Waals surface area contributed by atoms with Crippen molar-refractivity contribution in [3.8, 4) is 17.1 Å². The van der Waals surface area contributed by atoms with Crippen LogP contribution in [0.3, 0.4) is 0 Å². The Morgan fingerprint density at radius 3 is 2.65 bits per heavy atom. The van der Waals surface area contributed by atoms with Crippen LogP contribution >= 0.6 is 11.6 Å². The van der Waals surface area contributed by atoms with Crippen LogP contribution in [0.1, 0.15) is 23.1 Å². The first-order valence-electron chi connectivity index (χ1n) is 7.53. The summed E-state index contributed by atoms with van der Waals surface area (Å²) in [5.41, 5.74) is 0.857. The van der Waals surface area contributed by atoms with Crippen LogP contribution < -0.4 is 4.74 Å². The third-order valence-corrected chi connectivity index (χ3v) is 3.89. The molecule has 0 aliphatic carbocycles. The lowest BCUT2D eigenvalue weighted by atomic mass is 10.1. The maximum Gasteiger partial charge on any atom is 0.288 e. The van der Waals surface area contributed by atoms with Gasteiger partial charge in [-0.25, -0.2) is 4.98 Å². The molecule has 0 radical (unpaired) electrons. The van der Waals surface area contributed by atoms with E-state index < -0.39 is 4.92 Å². The molecule has 26 heavy (non-hydrogen) atoms. The first-order valence-corrected chi connectivity index (χ1v) is 7.91. The largest absolute Gasteiger partial charge is 0.486 e. The second-order valence-electron chi connectivity index (χ2n) is 5.40. The van der Waals surface area contributed by atoms with Gasteiger partial charge in [0.05, 0.1) is 4.92 Å². The number of nitrogens with zero attached hydrogens (tertiary/aromatic N) is 3. The van der Waals surface area contributed by atoms with E-state index in [1.165, 1.54) is 19.1 Å². The van der Waals surface area contributed by atoms with Gasteiger partial charge < -0.3 is 4.74 Å². The Labute approximate surface area is 152 Å². The van der Waals surface area contributed by atoms with Gasteiger partial charge in [-0.15, -0.1) is 0 Å². The molecule has 2 aromatic carbocycles. The summed E-state index contributed by atoms with van der Waals surface area (Å²) >= 11 is 5.80. The lowest BCUT2D eigenvalue weighted by Crippen LogP contribution is -1.98. The van der Waals surface area contributed by atoms with Gasteiger partial charge in [-0.1, -0.05) is 11.6 Å². The fraction of sp³-hybridized carbons (Fsp3) is 0.118. The molecule has 1 heterocycles. The van der Waals surface area contributed by atoms with Crippen molar-refractivity contribution < 1.29 is 14.5 Å². The van der Waals surface area contributed by atoms with E-state index in [-0.39, 0.29) is 23.1 Å². The molecule has 3 rings (SSSR count). The smallest absolute Gasteiger partial charge is 0.288 e. The second-order valence-corrected chi connectivity index (χ2v) is 5.81. The van der Waals surface area contributed by atoms with Gasteiger partial charge in [0.1, 0.15) is 17.4 Å². The lowest BCUT2D eigenvalue weighted by molar-refractivity contribution is -0.384. The molecular formula is C17H13ClN4O4. The van der Waals surface area contributed by atoms with Crippen LogP contribution in [0, 0.1) is 10.1 Å². The van der Waals surface area contributed by atoms with Crippen molar-refractivity contribution in [2.24, 2.45) is 0 Å². The van der Waals surface area contributed by atoms with Gasteiger partial charge in [-0.2, -0.15) is 5.10 Å². The number of nitro groups is 1. The van der Waals surface area contributed by atoms with Crippen LogP contribution in [0.4, 0.5) is 5.69 Å². The number of ketones is 1. The van der Waals surface area contributed by atoms with E-state index in [4.69, 9.17) is 16.3 Å². The topological polar surface area (TPSA) is 111 Å². The maximum absolute atomic E-state index is 11.2. The predicted molar refractivity (Wildman–Crippen MR) is 94.3 cm³/mol. The molecule has 0 aliphatic heterocycles. The van der Waals surface area contributed by atoms with Crippen molar-refractivity contribution in [1.82, 2.24) is 15.2 Å². The zero-order valence-electron chi connectivity index (χ0n) is 13.6.